The first-order valence-electron chi connectivity index (χ1n) is 9.42. The van der Waals surface area contributed by atoms with Gasteiger partial charge >= 0.3 is 0 Å². The molecule has 0 atom stereocenters. The fourth-order valence-corrected chi connectivity index (χ4v) is 3.23. The van der Waals surface area contributed by atoms with E-state index in [0.29, 0.717) is 18.8 Å². The van der Waals surface area contributed by atoms with Crippen molar-refractivity contribution in [2.24, 2.45) is 0 Å². The minimum atomic E-state index is -0.209. The van der Waals surface area contributed by atoms with Crippen LogP contribution in [-0.4, -0.2) is 68.1 Å². The number of piperazine rings is 1. The molecular weight excluding hydrogens is 360 g/mol. The number of furan rings is 1. The largest absolute Gasteiger partial charge is 0.508 e. The van der Waals surface area contributed by atoms with Gasteiger partial charge in [-0.2, -0.15) is 0 Å². The lowest BCUT2D eigenvalue weighted by Crippen LogP contribution is -3.15. The van der Waals surface area contributed by atoms with E-state index in [0.717, 1.165) is 31.9 Å². The lowest BCUT2D eigenvalue weighted by atomic mass is 10.2. The Labute approximate surface area is 164 Å². The average Bonchev–Trinajstić information content (AvgIpc) is 3.21. The number of rotatable bonds is 7. The number of hydrogen-bond acceptors (Lipinski definition) is 5. The first-order chi connectivity index (χ1) is 13.5. The van der Waals surface area contributed by atoms with E-state index >= 15 is 0 Å². The highest BCUT2D eigenvalue weighted by Gasteiger charge is 2.24. The predicted octanol–water partition coefficient (Wildman–Crippen LogP) is -0.535. The van der Waals surface area contributed by atoms with Crippen molar-refractivity contribution in [1.82, 2.24) is 10.2 Å². The molecule has 1 aromatic heterocycles. The highest BCUT2D eigenvalue weighted by Crippen LogP contribution is 2.18. The van der Waals surface area contributed by atoms with E-state index in [9.17, 15) is 14.7 Å². The van der Waals surface area contributed by atoms with Crippen LogP contribution in [0.5, 0.6) is 5.75 Å². The van der Waals surface area contributed by atoms with E-state index in [1.165, 1.54) is 9.80 Å². The maximum absolute atomic E-state index is 12.4. The van der Waals surface area contributed by atoms with Crippen molar-refractivity contribution in [3.8, 4) is 5.75 Å². The number of hydrogen-bond donors (Lipinski definition) is 3. The maximum atomic E-state index is 12.4. The van der Waals surface area contributed by atoms with Gasteiger partial charge in [-0.05, 0) is 36.4 Å². The summed E-state index contributed by atoms with van der Waals surface area (Å²) in [6, 6.07) is 10.7. The lowest BCUT2D eigenvalue weighted by Gasteiger charge is -2.33. The molecule has 1 aromatic carbocycles. The molecule has 3 N–H and O–H groups in total. The van der Waals surface area contributed by atoms with Crippen molar-refractivity contribution in [3.05, 3.63) is 48.4 Å². The second kappa shape index (κ2) is 9.27. The van der Waals surface area contributed by atoms with Gasteiger partial charge in [0.1, 0.15) is 11.5 Å². The molecular formula is C20H27N4O4+. The third kappa shape index (κ3) is 5.50. The standard InChI is InChI=1S/C20H26N4O4/c1-22(14-19(26)21-13-18-3-2-12-28-18)20(27)15-23-8-10-24(11-9-23)16-4-6-17(25)7-5-16/h2-7,12,25H,8-11,13-15H2,1H3,(H,21,26)/p+1. The van der Waals surface area contributed by atoms with Crippen molar-refractivity contribution < 1.29 is 24.0 Å². The number of nitrogens with zero attached hydrogens (tertiary/aromatic N) is 2. The highest BCUT2D eigenvalue weighted by molar-refractivity contribution is 5.84. The zero-order chi connectivity index (χ0) is 19.9. The molecule has 0 radical (unpaired) electrons. The molecule has 8 heteroatoms. The summed E-state index contributed by atoms with van der Waals surface area (Å²) >= 11 is 0. The minimum Gasteiger partial charge on any atom is -0.508 e. The van der Waals surface area contributed by atoms with Crippen LogP contribution >= 0.6 is 0 Å². The Morgan fingerprint density at radius 1 is 1.21 bits per heavy atom. The molecule has 0 unspecified atom stereocenters. The topological polar surface area (TPSA) is 90.5 Å². The Balaban J connectivity index is 1.38. The van der Waals surface area contributed by atoms with Crippen molar-refractivity contribution >= 4 is 17.5 Å². The molecule has 0 spiro atoms. The van der Waals surface area contributed by atoms with Crippen LogP contribution in [0.25, 0.3) is 0 Å². The second-order valence-corrected chi connectivity index (χ2v) is 7.04. The van der Waals surface area contributed by atoms with Crippen LogP contribution in [0.1, 0.15) is 5.76 Å². The third-order valence-corrected chi connectivity index (χ3v) is 4.93. The van der Waals surface area contributed by atoms with Crippen molar-refractivity contribution in [1.29, 1.82) is 0 Å². The van der Waals surface area contributed by atoms with Gasteiger partial charge in [-0.1, -0.05) is 0 Å². The van der Waals surface area contributed by atoms with Gasteiger partial charge < -0.3 is 29.5 Å². The summed E-state index contributed by atoms with van der Waals surface area (Å²) < 4.78 is 5.17. The van der Waals surface area contributed by atoms with Gasteiger partial charge in [0.15, 0.2) is 6.54 Å². The number of aromatic hydroxyl groups is 1. The average molecular weight is 387 g/mol. The quantitative estimate of drug-likeness (QED) is 0.594. The van der Waals surface area contributed by atoms with E-state index < -0.39 is 0 Å². The summed E-state index contributed by atoms with van der Waals surface area (Å²) in [5.74, 6) is 0.689. The van der Waals surface area contributed by atoms with Gasteiger partial charge in [-0.3, -0.25) is 9.59 Å². The van der Waals surface area contributed by atoms with Gasteiger partial charge in [-0.15, -0.1) is 0 Å². The summed E-state index contributed by atoms with van der Waals surface area (Å²) in [6.45, 7) is 4.13. The molecule has 1 aliphatic rings. The van der Waals surface area contributed by atoms with Gasteiger partial charge in [0.2, 0.25) is 5.91 Å². The number of carbonyl (C=O) groups excluding carboxylic acids is 2. The van der Waals surface area contributed by atoms with E-state index in [2.05, 4.69) is 10.2 Å². The molecule has 1 aliphatic heterocycles. The summed E-state index contributed by atoms with van der Waals surface area (Å²) in [5, 5.41) is 12.1. The summed E-state index contributed by atoms with van der Waals surface area (Å²) in [5.41, 5.74) is 1.08. The summed E-state index contributed by atoms with van der Waals surface area (Å²) in [4.78, 5) is 29.4. The molecule has 0 saturated carbocycles. The Kier molecular flexibility index (Phi) is 6.54. The summed E-state index contributed by atoms with van der Waals surface area (Å²) in [6.07, 6.45) is 1.56. The zero-order valence-electron chi connectivity index (χ0n) is 16.1. The number of phenolic OH excluding ortho intramolecular Hbond substituents is 1. The molecule has 2 heterocycles. The first kappa shape index (κ1) is 19.8. The van der Waals surface area contributed by atoms with E-state index in [4.69, 9.17) is 4.42 Å². The molecule has 1 saturated heterocycles. The number of likely N-dealkylation sites (N-methyl/N-ethyl adjacent to an activating group) is 1. The van der Waals surface area contributed by atoms with Crippen LogP contribution in [0.3, 0.4) is 0 Å². The third-order valence-electron chi connectivity index (χ3n) is 4.93. The van der Waals surface area contributed by atoms with Crippen LogP contribution in [-0.2, 0) is 16.1 Å². The van der Waals surface area contributed by atoms with Crippen LogP contribution in [0.4, 0.5) is 5.69 Å². The Bertz CT molecular complexity index is 768. The van der Waals surface area contributed by atoms with Crippen LogP contribution in [0.15, 0.2) is 47.1 Å². The second-order valence-electron chi connectivity index (χ2n) is 7.04. The fraction of sp³-hybridized carbons (Fsp3) is 0.400. The summed E-state index contributed by atoms with van der Waals surface area (Å²) in [7, 11) is 1.65. The van der Waals surface area contributed by atoms with Gasteiger partial charge in [0, 0.05) is 12.7 Å². The Morgan fingerprint density at radius 3 is 2.57 bits per heavy atom. The SMILES string of the molecule is CN(CC(=O)NCc1ccco1)C(=O)C[NH+]1CCN(c2ccc(O)cc2)CC1. The number of carbonyl (C=O) groups is 2. The maximum Gasteiger partial charge on any atom is 0.277 e. The normalized spacial score (nSPS) is 14.7. The fourth-order valence-electron chi connectivity index (χ4n) is 3.23. The molecule has 2 amide bonds. The van der Waals surface area contributed by atoms with Gasteiger partial charge in [-0.25, -0.2) is 0 Å². The van der Waals surface area contributed by atoms with E-state index in [1.54, 1.807) is 37.6 Å². The highest BCUT2D eigenvalue weighted by atomic mass is 16.3. The smallest absolute Gasteiger partial charge is 0.277 e. The lowest BCUT2D eigenvalue weighted by molar-refractivity contribution is -0.892. The van der Waals surface area contributed by atoms with E-state index in [-0.39, 0.29) is 24.1 Å². The Hall–Kier alpha value is -3.00. The molecule has 0 aliphatic carbocycles. The number of benzene rings is 1. The van der Waals surface area contributed by atoms with E-state index in [1.807, 2.05) is 12.1 Å². The number of anilines is 1. The minimum absolute atomic E-state index is 0.0342. The predicted molar refractivity (Wildman–Crippen MR) is 104 cm³/mol. The molecule has 0 bridgehead atoms. The molecule has 2 aromatic rings. The molecule has 8 nitrogen and oxygen atoms in total. The monoisotopic (exact) mass is 387 g/mol. The number of phenols is 1. The van der Waals surface area contributed by atoms with Crippen molar-refractivity contribution in [3.63, 3.8) is 0 Å². The first-order valence-corrected chi connectivity index (χ1v) is 9.42. The number of nitrogens with one attached hydrogen (secondary N) is 2. The molecule has 28 heavy (non-hydrogen) atoms. The van der Waals surface area contributed by atoms with Gasteiger partial charge in [0.05, 0.1) is 45.5 Å². The van der Waals surface area contributed by atoms with Gasteiger partial charge in [0.25, 0.3) is 5.91 Å². The molecule has 150 valence electrons. The van der Waals surface area contributed by atoms with Crippen LogP contribution < -0.4 is 15.1 Å². The zero-order valence-corrected chi connectivity index (χ0v) is 16.1. The van der Waals surface area contributed by atoms with Crippen LogP contribution in [0, 0.1) is 0 Å². The molecule has 3 rings (SSSR count). The molecule has 1 fully saturated rings. The Morgan fingerprint density at radius 2 is 1.93 bits per heavy atom. The number of quaternary nitrogens is 1. The van der Waals surface area contributed by atoms with Crippen molar-refractivity contribution in [2.45, 2.75) is 6.54 Å². The number of amides is 2. The van der Waals surface area contributed by atoms with Crippen LogP contribution in [0.2, 0.25) is 0 Å². The van der Waals surface area contributed by atoms with Crippen molar-refractivity contribution in [2.75, 3.05) is 51.2 Å².